The molecule has 1 unspecified atom stereocenters. The zero-order valence-electron chi connectivity index (χ0n) is 36.6. The van der Waals surface area contributed by atoms with Gasteiger partial charge in [-0.1, -0.05) is 157 Å². The van der Waals surface area contributed by atoms with Crippen LogP contribution in [0.5, 0.6) is 5.75 Å². The summed E-state index contributed by atoms with van der Waals surface area (Å²) in [7, 11) is 0. The Kier molecular flexibility index (Phi) is 23.5. The third kappa shape index (κ3) is 20.2. The lowest BCUT2D eigenvalue weighted by Crippen LogP contribution is -2.55. The van der Waals surface area contributed by atoms with Gasteiger partial charge in [0.25, 0.3) is 0 Å². The first-order chi connectivity index (χ1) is 29.9. The molecule has 0 aliphatic heterocycles. The monoisotopic (exact) mass is 856 g/mol. The first-order valence-electron chi connectivity index (χ1n) is 22.4. The second-order valence-electron chi connectivity index (χ2n) is 16.4. The smallest absolute Gasteiger partial charge is 0.326 e. The van der Waals surface area contributed by atoms with E-state index in [4.69, 9.17) is 5.73 Å². The molecule has 0 aliphatic carbocycles. The van der Waals surface area contributed by atoms with Gasteiger partial charge in [0.15, 0.2) is 0 Å². The number of rotatable bonds is 31. The predicted molar refractivity (Wildman–Crippen MR) is 241 cm³/mol. The van der Waals surface area contributed by atoms with Crippen molar-refractivity contribution < 1.29 is 39.0 Å². The largest absolute Gasteiger partial charge is 0.508 e. The van der Waals surface area contributed by atoms with Crippen LogP contribution in [0.1, 0.15) is 127 Å². The van der Waals surface area contributed by atoms with Gasteiger partial charge in [-0.25, -0.2) is 4.79 Å². The zero-order valence-corrected chi connectivity index (χ0v) is 36.6. The fourth-order valence-corrected chi connectivity index (χ4v) is 7.29. The number of primary amides is 1. The van der Waals surface area contributed by atoms with Crippen LogP contribution in [0.15, 0.2) is 84.9 Å². The number of hydrogen-bond acceptors (Lipinski definition) is 7. The molecule has 3 aromatic rings. The van der Waals surface area contributed by atoms with Gasteiger partial charge in [-0.05, 0) is 47.6 Å². The van der Waals surface area contributed by atoms with Crippen LogP contribution in [0, 0.1) is 5.92 Å². The summed E-state index contributed by atoms with van der Waals surface area (Å²) in [6.07, 6.45) is 13.8. The van der Waals surface area contributed by atoms with Gasteiger partial charge in [0.2, 0.25) is 29.5 Å². The molecule has 13 nitrogen and oxygen atoms in total. The van der Waals surface area contributed by atoms with Gasteiger partial charge < -0.3 is 37.2 Å². The van der Waals surface area contributed by atoms with Crippen molar-refractivity contribution in [2.75, 3.05) is 0 Å². The Morgan fingerprint density at radius 1 is 0.516 bits per heavy atom. The molecule has 0 aromatic heterocycles. The number of aliphatic carboxylic acids is 1. The molecule has 62 heavy (non-hydrogen) atoms. The van der Waals surface area contributed by atoms with Crippen molar-refractivity contribution in [2.24, 2.45) is 11.7 Å². The fraction of sp³-hybridized carbons (Fsp3) is 0.510. The number of unbranched alkanes of at least 4 members (excludes halogenated alkanes) is 11. The van der Waals surface area contributed by atoms with E-state index < -0.39 is 47.9 Å². The SMILES string of the molecule is CCC(C)[C@H](NC(=O)CCCCCCCCCCCCCCC(=O)N[C@@H](Cc1ccc(O)cc1)C(=O)N[C@@H](Cc1ccccc1)C(=O)O)C(=O)N[C@@H](Cc1ccccc1)C(N)=O. The van der Waals surface area contributed by atoms with Gasteiger partial charge in [-0.3, -0.25) is 24.0 Å². The van der Waals surface area contributed by atoms with Crippen molar-refractivity contribution >= 4 is 35.5 Å². The van der Waals surface area contributed by atoms with Crippen LogP contribution >= 0.6 is 0 Å². The molecule has 0 fully saturated rings. The van der Waals surface area contributed by atoms with Gasteiger partial charge >= 0.3 is 5.97 Å². The Bertz CT molecular complexity index is 1810. The molecule has 13 heteroatoms. The second kappa shape index (κ2) is 28.7. The molecule has 3 rings (SSSR count). The van der Waals surface area contributed by atoms with E-state index in [2.05, 4.69) is 21.3 Å². The molecular weight excluding hydrogens is 787 g/mol. The Morgan fingerprint density at radius 2 is 0.919 bits per heavy atom. The van der Waals surface area contributed by atoms with E-state index in [1.165, 1.54) is 12.1 Å². The zero-order chi connectivity index (χ0) is 45.1. The lowest BCUT2D eigenvalue weighted by Gasteiger charge is -2.26. The van der Waals surface area contributed by atoms with Gasteiger partial charge in [0, 0.05) is 32.1 Å². The van der Waals surface area contributed by atoms with E-state index in [0.29, 0.717) is 24.8 Å². The molecular formula is C49H69N5O8. The summed E-state index contributed by atoms with van der Waals surface area (Å²) in [6, 6.07) is 20.9. The van der Waals surface area contributed by atoms with E-state index in [1.807, 2.05) is 50.2 Å². The van der Waals surface area contributed by atoms with E-state index >= 15 is 0 Å². The van der Waals surface area contributed by atoms with Crippen LogP contribution in [0.25, 0.3) is 0 Å². The van der Waals surface area contributed by atoms with Crippen molar-refractivity contribution in [2.45, 2.75) is 154 Å². The third-order valence-corrected chi connectivity index (χ3v) is 11.2. The average molecular weight is 856 g/mol. The van der Waals surface area contributed by atoms with E-state index in [0.717, 1.165) is 81.8 Å². The maximum Gasteiger partial charge on any atom is 0.326 e. The first-order valence-corrected chi connectivity index (χ1v) is 22.4. The number of phenols is 1. The number of hydrogen-bond donors (Lipinski definition) is 7. The summed E-state index contributed by atoms with van der Waals surface area (Å²) >= 11 is 0. The molecule has 0 saturated heterocycles. The predicted octanol–water partition coefficient (Wildman–Crippen LogP) is 6.44. The van der Waals surface area contributed by atoms with Crippen molar-refractivity contribution in [1.82, 2.24) is 21.3 Å². The Balaban J connectivity index is 1.27. The van der Waals surface area contributed by atoms with Crippen LogP contribution in [0.2, 0.25) is 0 Å². The molecule has 8 N–H and O–H groups in total. The highest BCUT2D eigenvalue weighted by Crippen LogP contribution is 2.16. The molecule has 0 radical (unpaired) electrons. The van der Waals surface area contributed by atoms with Gasteiger partial charge in [0.05, 0.1) is 0 Å². The highest BCUT2D eigenvalue weighted by molar-refractivity contribution is 5.92. The van der Waals surface area contributed by atoms with Gasteiger partial charge in [-0.15, -0.1) is 0 Å². The molecule has 0 heterocycles. The molecule has 5 atom stereocenters. The number of carboxylic acid groups (broad SMARTS) is 1. The highest BCUT2D eigenvalue weighted by atomic mass is 16.4. The Morgan fingerprint density at radius 3 is 1.37 bits per heavy atom. The normalized spacial score (nSPS) is 13.5. The highest BCUT2D eigenvalue weighted by Gasteiger charge is 2.30. The Labute approximate surface area is 367 Å². The topological polar surface area (TPSA) is 217 Å². The summed E-state index contributed by atoms with van der Waals surface area (Å²) in [4.78, 5) is 76.5. The quantitative estimate of drug-likeness (QED) is 0.0357. The summed E-state index contributed by atoms with van der Waals surface area (Å²) in [5.74, 6) is -3.25. The van der Waals surface area contributed by atoms with Gasteiger partial charge in [0.1, 0.15) is 29.9 Å². The van der Waals surface area contributed by atoms with Crippen molar-refractivity contribution in [3.8, 4) is 5.75 Å². The molecule has 0 saturated carbocycles. The van der Waals surface area contributed by atoms with Gasteiger partial charge in [-0.2, -0.15) is 0 Å². The molecule has 0 bridgehead atoms. The minimum absolute atomic E-state index is 0.0788. The summed E-state index contributed by atoms with van der Waals surface area (Å²) < 4.78 is 0. The van der Waals surface area contributed by atoms with Crippen molar-refractivity contribution in [3.63, 3.8) is 0 Å². The average Bonchev–Trinajstić information content (AvgIpc) is 3.25. The molecule has 0 aliphatic rings. The molecule has 3 aromatic carbocycles. The van der Waals surface area contributed by atoms with Crippen LogP contribution in [0.3, 0.4) is 0 Å². The van der Waals surface area contributed by atoms with E-state index in [9.17, 15) is 39.0 Å². The minimum Gasteiger partial charge on any atom is -0.508 e. The standard InChI is InChI=1S/C49H69N5O8/c1-3-35(2)45(48(60)52-40(46(50)58)32-36-22-16-14-17-23-36)54-44(57)27-21-13-11-9-7-5-4-6-8-10-12-20-26-43(56)51-41(33-38-28-30-39(55)31-29-38)47(59)53-42(49(61)62)34-37-24-18-15-19-25-37/h14-19,22-25,28-31,35,40-42,45,55H,3-13,20-21,26-27,32-34H2,1-2H3,(H2,50,58)(H,51,56)(H,52,60)(H,53,59)(H,54,57)(H,61,62)/t35?,40-,41-,42-,45-/m0/s1. The van der Waals surface area contributed by atoms with Crippen LogP contribution < -0.4 is 27.0 Å². The number of carboxylic acids is 1. The second-order valence-corrected chi connectivity index (χ2v) is 16.4. The number of carbonyl (C=O) groups is 6. The minimum atomic E-state index is -1.17. The number of aromatic hydroxyl groups is 1. The van der Waals surface area contributed by atoms with Crippen molar-refractivity contribution in [1.29, 1.82) is 0 Å². The summed E-state index contributed by atoms with van der Waals surface area (Å²) in [6.45, 7) is 3.86. The number of nitrogens with one attached hydrogen (secondary N) is 4. The number of benzene rings is 3. The third-order valence-electron chi connectivity index (χ3n) is 11.2. The number of nitrogens with two attached hydrogens (primary N) is 1. The fourth-order valence-electron chi connectivity index (χ4n) is 7.29. The first kappa shape index (κ1) is 50.6. The number of amides is 5. The maximum atomic E-state index is 13.3. The summed E-state index contributed by atoms with van der Waals surface area (Å²) in [5, 5.41) is 30.6. The van der Waals surface area contributed by atoms with E-state index in [-0.39, 0.29) is 49.2 Å². The number of phenolic OH excluding ortho intramolecular Hbond substituents is 1. The lowest BCUT2D eigenvalue weighted by molar-refractivity contribution is -0.142. The maximum absolute atomic E-state index is 13.3. The number of carbonyl (C=O) groups excluding carboxylic acids is 5. The van der Waals surface area contributed by atoms with Crippen molar-refractivity contribution in [3.05, 3.63) is 102 Å². The molecule has 0 spiro atoms. The van der Waals surface area contributed by atoms with Crippen LogP contribution in [-0.2, 0) is 48.0 Å². The lowest BCUT2D eigenvalue weighted by atomic mass is 9.97. The van der Waals surface area contributed by atoms with E-state index in [1.54, 1.807) is 36.4 Å². The molecule has 5 amide bonds. The Hall–Kier alpha value is -5.72. The molecule has 338 valence electrons. The van der Waals surface area contributed by atoms with Crippen LogP contribution in [0.4, 0.5) is 0 Å². The summed E-state index contributed by atoms with van der Waals surface area (Å²) in [5.41, 5.74) is 7.96. The van der Waals surface area contributed by atoms with Crippen LogP contribution in [-0.4, -0.2) is 69.9 Å².